The third-order valence-electron chi connectivity index (χ3n) is 2.37. The number of rotatable bonds is 2. The molecule has 0 fully saturated rings. The van der Waals surface area contributed by atoms with Crippen LogP contribution in [-0.4, -0.2) is 0 Å². The minimum atomic E-state index is 0.528. The summed E-state index contributed by atoms with van der Waals surface area (Å²) in [5.74, 6) is 1.26. The maximum Gasteiger partial charge on any atom is 0.148 e. The van der Waals surface area contributed by atoms with Gasteiger partial charge >= 0.3 is 0 Å². The zero-order valence-corrected chi connectivity index (χ0v) is 10.0. The first kappa shape index (κ1) is 11.5. The molecular weight excluding hydrogens is 234 g/mol. The van der Waals surface area contributed by atoms with Crippen molar-refractivity contribution in [3.05, 3.63) is 58.6 Å². The quantitative estimate of drug-likeness (QED) is 0.787. The highest BCUT2D eigenvalue weighted by atomic mass is 35.5. The lowest BCUT2D eigenvalue weighted by Gasteiger charge is -2.10. The maximum absolute atomic E-state index is 9.01. The van der Waals surface area contributed by atoms with Crippen molar-refractivity contribution < 1.29 is 4.74 Å². The molecule has 0 spiro atoms. The zero-order chi connectivity index (χ0) is 12.3. The van der Waals surface area contributed by atoms with Crippen molar-refractivity contribution in [1.82, 2.24) is 0 Å². The van der Waals surface area contributed by atoms with E-state index in [-0.39, 0.29) is 0 Å². The van der Waals surface area contributed by atoms with Gasteiger partial charge in [0.1, 0.15) is 17.6 Å². The molecule has 0 aliphatic rings. The molecule has 0 N–H and O–H groups in total. The first-order chi connectivity index (χ1) is 8.20. The van der Waals surface area contributed by atoms with Crippen molar-refractivity contribution in [2.75, 3.05) is 0 Å². The molecule has 3 heteroatoms. The largest absolute Gasteiger partial charge is 0.456 e. The van der Waals surface area contributed by atoms with Crippen molar-refractivity contribution in [1.29, 1.82) is 5.26 Å². The SMILES string of the molecule is Cc1cccc(C#N)c1Oc1ccc(Cl)cc1. The summed E-state index contributed by atoms with van der Waals surface area (Å²) in [6.45, 7) is 1.91. The summed E-state index contributed by atoms with van der Waals surface area (Å²) in [4.78, 5) is 0. The Morgan fingerprint density at radius 3 is 2.47 bits per heavy atom. The fourth-order valence-corrected chi connectivity index (χ4v) is 1.62. The van der Waals surface area contributed by atoms with Crippen molar-refractivity contribution in [2.45, 2.75) is 6.92 Å². The molecule has 0 heterocycles. The second kappa shape index (κ2) is 4.90. The van der Waals surface area contributed by atoms with Gasteiger partial charge in [-0.15, -0.1) is 0 Å². The molecule has 2 aromatic carbocycles. The molecule has 2 nitrogen and oxygen atoms in total. The maximum atomic E-state index is 9.01. The van der Waals surface area contributed by atoms with E-state index in [1.165, 1.54) is 0 Å². The smallest absolute Gasteiger partial charge is 0.148 e. The van der Waals surface area contributed by atoms with Crippen LogP contribution in [0.3, 0.4) is 0 Å². The van der Waals surface area contributed by atoms with E-state index >= 15 is 0 Å². The summed E-state index contributed by atoms with van der Waals surface area (Å²) < 4.78 is 5.71. The number of benzene rings is 2. The normalized spacial score (nSPS) is 9.71. The van der Waals surface area contributed by atoms with Crippen LogP contribution in [0.4, 0.5) is 0 Å². The average Bonchev–Trinajstić information content (AvgIpc) is 2.34. The third-order valence-corrected chi connectivity index (χ3v) is 2.62. The van der Waals surface area contributed by atoms with Crippen molar-refractivity contribution in [3.8, 4) is 17.6 Å². The van der Waals surface area contributed by atoms with E-state index in [4.69, 9.17) is 21.6 Å². The Balaban J connectivity index is 2.36. The van der Waals surface area contributed by atoms with Crippen LogP contribution in [0, 0.1) is 18.3 Å². The van der Waals surface area contributed by atoms with Crippen molar-refractivity contribution >= 4 is 11.6 Å². The Labute approximate surface area is 105 Å². The molecule has 0 unspecified atom stereocenters. The van der Waals surface area contributed by atoms with Gasteiger partial charge in [0.15, 0.2) is 0 Å². The van der Waals surface area contributed by atoms with Crippen LogP contribution in [0.1, 0.15) is 11.1 Å². The summed E-state index contributed by atoms with van der Waals surface area (Å²) >= 11 is 5.80. The predicted octanol–water partition coefficient (Wildman–Crippen LogP) is 4.31. The predicted molar refractivity (Wildman–Crippen MR) is 67.4 cm³/mol. The molecule has 0 saturated carbocycles. The molecule has 84 valence electrons. The third kappa shape index (κ3) is 2.58. The number of halogens is 1. The first-order valence-electron chi connectivity index (χ1n) is 5.14. The lowest BCUT2D eigenvalue weighted by Crippen LogP contribution is -1.91. The number of hydrogen-bond donors (Lipinski definition) is 0. The van der Waals surface area contributed by atoms with Crippen molar-refractivity contribution in [3.63, 3.8) is 0 Å². The number of ether oxygens (including phenoxy) is 1. The molecule has 0 bridgehead atoms. The molecule has 17 heavy (non-hydrogen) atoms. The number of nitrogens with zero attached hydrogens (tertiary/aromatic N) is 1. The van der Waals surface area contributed by atoms with Crippen LogP contribution in [0.25, 0.3) is 0 Å². The Bertz CT molecular complexity index is 570. The average molecular weight is 244 g/mol. The highest BCUT2D eigenvalue weighted by molar-refractivity contribution is 6.30. The van der Waals surface area contributed by atoms with E-state index in [1.54, 1.807) is 30.3 Å². The Hall–Kier alpha value is -1.98. The molecule has 0 aromatic heterocycles. The van der Waals surface area contributed by atoms with Gasteiger partial charge in [-0.05, 0) is 42.8 Å². The van der Waals surface area contributed by atoms with Crippen LogP contribution in [-0.2, 0) is 0 Å². The topological polar surface area (TPSA) is 33.0 Å². The highest BCUT2D eigenvalue weighted by Gasteiger charge is 2.07. The van der Waals surface area contributed by atoms with Gasteiger partial charge in [0, 0.05) is 5.02 Å². The number of nitriles is 1. The Morgan fingerprint density at radius 1 is 1.12 bits per heavy atom. The van der Waals surface area contributed by atoms with Gasteiger partial charge in [-0.3, -0.25) is 0 Å². The van der Waals surface area contributed by atoms with Crippen LogP contribution in [0.5, 0.6) is 11.5 Å². The molecule has 0 aliphatic carbocycles. The molecular formula is C14H10ClNO. The van der Waals surface area contributed by atoms with Gasteiger partial charge < -0.3 is 4.74 Å². The van der Waals surface area contributed by atoms with Crippen molar-refractivity contribution in [2.24, 2.45) is 0 Å². The monoisotopic (exact) mass is 243 g/mol. The molecule has 0 atom stereocenters. The van der Waals surface area contributed by atoms with Gasteiger partial charge in [-0.2, -0.15) is 5.26 Å². The zero-order valence-electron chi connectivity index (χ0n) is 9.27. The first-order valence-corrected chi connectivity index (χ1v) is 5.51. The van der Waals surface area contributed by atoms with Gasteiger partial charge in [-0.1, -0.05) is 23.7 Å². The second-order valence-electron chi connectivity index (χ2n) is 3.62. The van der Waals surface area contributed by atoms with E-state index in [9.17, 15) is 0 Å². The molecule has 0 aliphatic heterocycles. The number of para-hydroxylation sites is 1. The minimum Gasteiger partial charge on any atom is -0.456 e. The minimum absolute atomic E-state index is 0.528. The fraction of sp³-hybridized carbons (Fsp3) is 0.0714. The van der Waals surface area contributed by atoms with E-state index < -0.39 is 0 Å². The molecule has 0 saturated heterocycles. The summed E-state index contributed by atoms with van der Waals surface area (Å²) in [6, 6.07) is 14.6. The molecule has 2 aromatic rings. The fourth-order valence-electron chi connectivity index (χ4n) is 1.50. The summed E-state index contributed by atoms with van der Waals surface area (Å²) in [5, 5.41) is 9.67. The summed E-state index contributed by atoms with van der Waals surface area (Å²) in [7, 11) is 0. The second-order valence-corrected chi connectivity index (χ2v) is 4.06. The number of hydrogen-bond acceptors (Lipinski definition) is 2. The van der Waals surface area contributed by atoms with Gasteiger partial charge in [0.2, 0.25) is 0 Å². The van der Waals surface area contributed by atoms with E-state index in [2.05, 4.69) is 6.07 Å². The lowest BCUT2D eigenvalue weighted by atomic mass is 10.1. The molecule has 0 amide bonds. The molecule has 2 rings (SSSR count). The summed E-state index contributed by atoms with van der Waals surface area (Å²) in [6.07, 6.45) is 0. The lowest BCUT2D eigenvalue weighted by molar-refractivity contribution is 0.477. The van der Waals surface area contributed by atoms with Gasteiger partial charge in [0.25, 0.3) is 0 Å². The van der Waals surface area contributed by atoms with E-state index in [1.807, 2.05) is 19.1 Å². The summed E-state index contributed by atoms with van der Waals surface area (Å²) in [5.41, 5.74) is 1.46. The molecule has 0 radical (unpaired) electrons. The van der Waals surface area contributed by atoms with Crippen LogP contribution >= 0.6 is 11.6 Å². The van der Waals surface area contributed by atoms with Crippen LogP contribution in [0.15, 0.2) is 42.5 Å². The Kier molecular flexibility index (Phi) is 3.32. The van der Waals surface area contributed by atoms with Gasteiger partial charge in [-0.25, -0.2) is 0 Å². The number of aryl methyl sites for hydroxylation is 1. The van der Waals surface area contributed by atoms with Crippen LogP contribution in [0.2, 0.25) is 5.02 Å². The standard InChI is InChI=1S/C14H10ClNO/c1-10-3-2-4-11(9-16)14(10)17-13-7-5-12(15)6-8-13/h2-8H,1H3. The van der Waals surface area contributed by atoms with Crippen LogP contribution < -0.4 is 4.74 Å². The highest BCUT2D eigenvalue weighted by Crippen LogP contribution is 2.29. The van der Waals surface area contributed by atoms with Gasteiger partial charge in [0.05, 0.1) is 5.56 Å². The Morgan fingerprint density at radius 2 is 1.82 bits per heavy atom. The van der Waals surface area contributed by atoms with E-state index in [0.717, 1.165) is 5.56 Å². The van der Waals surface area contributed by atoms with E-state index in [0.29, 0.717) is 22.1 Å².